The Morgan fingerprint density at radius 2 is 1.61 bits per heavy atom. The number of nitrogens with zero attached hydrogens (tertiary/aromatic N) is 2. The first-order valence-electron chi connectivity index (χ1n) is 10.0. The van der Waals surface area contributed by atoms with Gasteiger partial charge in [-0.25, -0.2) is 0 Å². The van der Waals surface area contributed by atoms with Crippen molar-refractivity contribution in [1.29, 1.82) is 0 Å². The summed E-state index contributed by atoms with van der Waals surface area (Å²) in [5.74, 6) is 0.946. The molecule has 3 aromatic rings. The van der Waals surface area contributed by atoms with Crippen LogP contribution in [0.25, 0.3) is 22.9 Å². The summed E-state index contributed by atoms with van der Waals surface area (Å²) in [5.41, 5.74) is 3.48. The van der Waals surface area contributed by atoms with E-state index in [-0.39, 0.29) is 5.91 Å². The van der Waals surface area contributed by atoms with E-state index in [0.29, 0.717) is 23.4 Å². The third-order valence-corrected chi connectivity index (χ3v) is 5.38. The number of hydrogen-bond donors (Lipinski definition) is 1. The molecule has 28 heavy (non-hydrogen) atoms. The van der Waals surface area contributed by atoms with Crippen molar-refractivity contribution in [3.05, 3.63) is 59.7 Å². The van der Waals surface area contributed by atoms with E-state index >= 15 is 0 Å². The molecule has 1 heterocycles. The topological polar surface area (TPSA) is 68.0 Å². The molecule has 1 fully saturated rings. The highest BCUT2D eigenvalue weighted by Crippen LogP contribution is 2.26. The van der Waals surface area contributed by atoms with E-state index in [1.54, 1.807) is 0 Å². The average molecular weight is 375 g/mol. The summed E-state index contributed by atoms with van der Waals surface area (Å²) >= 11 is 0. The maximum absolute atomic E-state index is 12.5. The highest BCUT2D eigenvalue weighted by molar-refractivity contribution is 5.94. The van der Waals surface area contributed by atoms with Crippen LogP contribution in [0.1, 0.15) is 54.4 Å². The molecule has 0 bridgehead atoms. The number of hydrogen-bond acceptors (Lipinski definition) is 4. The standard InChI is InChI=1S/C23H25N3O2/c1-16-8-6-7-11-20(16)23-26-25-22(28-23)18-14-12-17(13-15-18)21(27)24-19-9-4-2-3-5-10-19/h6-8,11-15,19H,2-5,9-10H2,1H3,(H,24,27). The van der Waals surface area contributed by atoms with E-state index in [1.165, 1.54) is 25.7 Å². The van der Waals surface area contributed by atoms with Crippen LogP contribution in [0.15, 0.2) is 52.9 Å². The van der Waals surface area contributed by atoms with Gasteiger partial charge in [0.2, 0.25) is 11.8 Å². The van der Waals surface area contributed by atoms with Crippen molar-refractivity contribution in [3.8, 4) is 22.9 Å². The smallest absolute Gasteiger partial charge is 0.251 e. The minimum Gasteiger partial charge on any atom is -0.416 e. The molecule has 144 valence electrons. The van der Waals surface area contributed by atoms with Gasteiger partial charge in [-0.2, -0.15) is 0 Å². The van der Waals surface area contributed by atoms with E-state index in [9.17, 15) is 4.79 Å². The van der Waals surface area contributed by atoms with Crippen LogP contribution in [0.2, 0.25) is 0 Å². The quantitative estimate of drug-likeness (QED) is 0.639. The van der Waals surface area contributed by atoms with Crippen LogP contribution >= 0.6 is 0 Å². The van der Waals surface area contributed by atoms with Crippen molar-refractivity contribution in [2.75, 3.05) is 0 Å². The molecule has 4 rings (SSSR count). The molecule has 0 radical (unpaired) electrons. The van der Waals surface area contributed by atoms with Crippen LogP contribution in [-0.4, -0.2) is 22.1 Å². The lowest BCUT2D eigenvalue weighted by molar-refractivity contribution is 0.0933. The van der Waals surface area contributed by atoms with Crippen molar-refractivity contribution < 1.29 is 9.21 Å². The fraction of sp³-hybridized carbons (Fsp3) is 0.348. The van der Waals surface area contributed by atoms with Gasteiger partial charge in [0.15, 0.2) is 0 Å². The Morgan fingerprint density at radius 3 is 2.32 bits per heavy atom. The number of amides is 1. The molecular weight excluding hydrogens is 350 g/mol. The van der Waals surface area contributed by atoms with Gasteiger partial charge in [0.05, 0.1) is 0 Å². The fourth-order valence-electron chi connectivity index (χ4n) is 3.72. The van der Waals surface area contributed by atoms with Gasteiger partial charge >= 0.3 is 0 Å². The van der Waals surface area contributed by atoms with Gasteiger partial charge in [-0.05, 0) is 55.7 Å². The van der Waals surface area contributed by atoms with Gasteiger partial charge in [-0.1, -0.05) is 43.9 Å². The zero-order chi connectivity index (χ0) is 19.3. The molecule has 2 aromatic carbocycles. The summed E-state index contributed by atoms with van der Waals surface area (Å²) in [5, 5.41) is 11.5. The van der Waals surface area contributed by atoms with Crippen LogP contribution in [0.3, 0.4) is 0 Å². The molecule has 5 heteroatoms. The molecule has 1 aliphatic carbocycles. The number of carbonyl (C=O) groups excluding carboxylic acids is 1. The molecule has 1 aromatic heterocycles. The lowest BCUT2D eigenvalue weighted by atomic mass is 10.1. The zero-order valence-electron chi connectivity index (χ0n) is 16.1. The predicted octanol–water partition coefficient (Wildman–Crippen LogP) is 5.16. The molecular formula is C23H25N3O2. The highest BCUT2D eigenvalue weighted by Gasteiger charge is 2.17. The SMILES string of the molecule is Cc1ccccc1-c1nnc(-c2ccc(C(=O)NC3CCCCCC3)cc2)o1. The molecule has 0 aliphatic heterocycles. The molecule has 1 aliphatic rings. The summed E-state index contributed by atoms with van der Waals surface area (Å²) in [6.07, 6.45) is 7.10. The Labute approximate surface area is 165 Å². The van der Waals surface area contributed by atoms with Gasteiger partial charge in [0, 0.05) is 22.7 Å². The minimum atomic E-state index is -0.00965. The normalized spacial score (nSPS) is 15.2. The zero-order valence-corrected chi connectivity index (χ0v) is 16.1. The molecule has 0 unspecified atom stereocenters. The van der Waals surface area contributed by atoms with Gasteiger partial charge in [-0.3, -0.25) is 4.79 Å². The lowest BCUT2D eigenvalue weighted by Crippen LogP contribution is -2.34. The number of carbonyl (C=O) groups is 1. The van der Waals surface area contributed by atoms with Crippen LogP contribution < -0.4 is 5.32 Å². The van der Waals surface area contributed by atoms with Crippen LogP contribution in [-0.2, 0) is 0 Å². The van der Waals surface area contributed by atoms with E-state index in [4.69, 9.17) is 4.42 Å². The second-order valence-corrected chi connectivity index (χ2v) is 7.47. The van der Waals surface area contributed by atoms with E-state index in [2.05, 4.69) is 15.5 Å². The number of aryl methyl sites for hydroxylation is 1. The number of rotatable bonds is 4. The number of benzene rings is 2. The summed E-state index contributed by atoms with van der Waals surface area (Å²) in [6.45, 7) is 2.01. The largest absolute Gasteiger partial charge is 0.416 e. The molecule has 1 amide bonds. The molecule has 0 spiro atoms. The predicted molar refractivity (Wildman–Crippen MR) is 109 cm³/mol. The van der Waals surface area contributed by atoms with Crippen molar-refractivity contribution >= 4 is 5.91 Å². The Hall–Kier alpha value is -2.95. The summed E-state index contributed by atoms with van der Waals surface area (Å²) in [7, 11) is 0. The Morgan fingerprint density at radius 1 is 0.929 bits per heavy atom. The van der Waals surface area contributed by atoms with Gasteiger partial charge in [0.25, 0.3) is 5.91 Å². The Balaban J connectivity index is 1.46. The second-order valence-electron chi connectivity index (χ2n) is 7.47. The van der Waals surface area contributed by atoms with E-state index in [0.717, 1.165) is 29.5 Å². The number of nitrogens with one attached hydrogen (secondary N) is 1. The van der Waals surface area contributed by atoms with Gasteiger partial charge in [-0.15, -0.1) is 10.2 Å². The first-order valence-corrected chi connectivity index (χ1v) is 10.0. The van der Waals surface area contributed by atoms with E-state index in [1.807, 2.05) is 55.5 Å². The Bertz CT molecular complexity index is 938. The maximum atomic E-state index is 12.5. The molecule has 1 saturated carbocycles. The first kappa shape index (κ1) is 18.4. The van der Waals surface area contributed by atoms with E-state index < -0.39 is 0 Å². The summed E-state index contributed by atoms with van der Waals surface area (Å²) < 4.78 is 5.85. The van der Waals surface area contributed by atoms with Crippen molar-refractivity contribution in [2.24, 2.45) is 0 Å². The van der Waals surface area contributed by atoms with Crippen LogP contribution in [0, 0.1) is 6.92 Å². The van der Waals surface area contributed by atoms with Crippen molar-refractivity contribution in [1.82, 2.24) is 15.5 Å². The average Bonchev–Trinajstić information content (AvgIpc) is 3.06. The highest BCUT2D eigenvalue weighted by atomic mass is 16.4. The fourth-order valence-corrected chi connectivity index (χ4v) is 3.72. The van der Waals surface area contributed by atoms with Gasteiger partial charge < -0.3 is 9.73 Å². The van der Waals surface area contributed by atoms with Crippen LogP contribution in [0.5, 0.6) is 0 Å². The van der Waals surface area contributed by atoms with Crippen LogP contribution in [0.4, 0.5) is 0 Å². The number of aromatic nitrogens is 2. The minimum absolute atomic E-state index is 0.00965. The third kappa shape index (κ3) is 4.14. The molecule has 0 atom stereocenters. The third-order valence-electron chi connectivity index (χ3n) is 5.38. The lowest BCUT2D eigenvalue weighted by Gasteiger charge is -2.16. The van der Waals surface area contributed by atoms with Crippen molar-refractivity contribution in [2.45, 2.75) is 51.5 Å². The first-order chi connectivity index (χ1) is 13.7. The monoisotopic (exact) mass is 375 g/mol. The van der Waals surface area contributed by atoms with Gasteiger partial charge in [0.1, 0.15) is 0 Å². The molecule has 0 saturated heterocycles. The molecule has 1 N–H and O–H groups in total. The summed E-state index contributed by atoms with van der Waals surface area (Å²) in [6, 6.07) is 15.6. The van der Waals surface area contributed by atoms with Crippen molar-refractivity contribution in [3.63, 3.8) is 0 Å². The summed E-state index contributed by atoms with van der Waals surface area (Å²) in [4.78, 5) is 12.5. The second kappa shape index (κ2) is 8.38. The molecule has 5 nitrogen and oxygen atoms in total. The Kier molecular flexibility index (Phi) is 5.51. The maximum Gasteiger partial charge on any atom is 0.251 e.